The van der Waals surface area contributed by atoms with Crippen LogP contribution < -0.4 is 11.1 Å². The first-order valence-electron chi connectivity index (χ1n) is 7.21. The molecule has 1 aromatic carbocycles. The van der Waals surface area contributed by atoms with E-state index in [4.69, 9.17) is 10.5 Å². The van der Waals surface area contributed by atoms with Crippen molar-refractivity contribution in [3.8, 4) is 0 Å². The number of benzene rings is 1. The van der Waals surface area contributed by atoms with E-state index in [9.17, 15) is 8.78 Å². The molecule has 4 nitrogen and oxygen atoms in total. The van der Waals surface area contributed by atoms with E-state index in [0.717, 1.165) is 30.2 Å². The summed E-state index contributed by atoms with van der Waals surface area (Å²) in [5.41, 5.74) is 6.31. The molecule has 0 aliphatic carbocycles. The molecule has 0 saturated heterocycles. The molecule has 0 radical (unpaired) electrons. The van der Waals surface area contributed by atoms with Gasteiger partial charge >= 0.3 is 0 Å². The van der Waals surface area contributed by atoms with Crippen molar-refractivity contribution in [3.63, 3.8) is 0 Å². The largest absolute Gasteiger partial charge is 0.370 e. The second-order valence-corrected chi connectivity index (χ2v) is 6.54. The zero-order valence-electron chi connectivity index (χ0n) is 12.6. The molecule has 0 bridgehead atoms. The van der Waals surface area contributed by atoms with Crippen LogP contribution in [0.15, 0.2) is 34.6 Å². The van der Waals surface area contributed by atoms with Gasteiger partial charge in [-0.2, -0.15) is 0 Å². The van der Waals surface area contributed by atoms with E-state index in [1.165, 1.54) is 4.88 Å². The standard InChI is InChI=1S/C16H17F2N3OS/c1-16(11-5-7-23-14(11)4-6-22-16)9-20-15(19)21-13-8-10(17)2-3-12(13)18/h2-3,5,7-8H,4,6,9H2,1H3,(H3,19,20,21). The molecule has 122 valence electrons. The van der Waals surface area contributed by atoms with E-state index in [1.807, 2.05) is 18.4 Å². The van der Waals surface area contributed by atoms with Gasteiger partial charge in [0, 0.05) is 17.4 Å². The lowest BCUT2D eigenvalue weighted by Gasteiger charge is -2.33. The van der Waals surface area contributed by atoms with Gasteiger partial charge < -0.3 is 15.8 Å². The van der Waals surface area contributed by atoms with Crippen molar-refractivity contribution in [2.75, 3.05) is 18.5 Å². The summed E-state index contributed by atoms with van der Waals surface area (Å²) >= 11 is 1.70. The molecule has 1 atom stereocenters. The fourth-order valence-corrected chi connectivity index (χ4v) is 3.57. The van der Waals surface area contributed by atoms with Crippen molar-refractivity contribution < 1.29 is 13.5 Å². The van der Waals surface area contributed by atoms with E-state index < -0.39 is 17.2 Å². The Bertz CT molecular complexity index is 747. The SMILES string of the molecule is CC1(CN=C(N)Nc2cc(F)ccc2F)OCCc2sccc21. The number of nitrogens with zero attached hydrogens (tertiary/aromatic N) is 1. The predicted molar refractivity (Wildman–Crippen MR) is 87.8 cm³/mol. The summed E-state index contributed by atoms with van der Waals surface area (Å²) in [5.74, 6) is -1.13. The van der Waals surface area contributed by atoms with Gasteiger partial charge in [0.1, 0.15) is 17.2 Å². The Balaban J connectivity index is 1.74. The number of aliphatic imine (C=N–C) groups is 1. The van der Waals surface area contributed by atoms with Gasteiger partial charge in [0.25, 0.3) is 0 Å². The van der Waals surface area contributed by atoms with E-state index in [-0.39, 0.29) is 11.6 Å². The van der Waals surface area contributed by atoms with Crippen LogP contribution in [0.2, 0.25) is 0 Å². The van der Waals surface area contributed by atoms with Crippen molar-refractivity contribution in [2.24, 2.45) is 10.7 Å². The van der Waals surface area contributed by atoms with E-state index in [2.05, 4.69) is 10.3 Å². The summed E-state index contributed by atoms with van der Waals surface area (Å²) in [6.45, 7) is 2.88. The Morgan fingerprint density at radius 3 is 3.09 bits per heavy atom. The van der Waals surface area contributed by atoms with Gasteiger partial charge in [0.2, 0.25) is 0 Å². The molecule has 0 fully saturated rings. The Labute approximate surface area is 137 Å². The minimum Gasteiger partial charge on any atom is -0.370 e. The maximum atomic E-state index is 13.6. The first-order valence-corrected chi connectivity index (χ1v) is 8.09. The molecule has 1 aliphatic heterocycles. The number of hydrogen-bond acceptors (Lipinski definition) is 3. The number of halogens is 2. The topological polar surface area (TPSA) is 59.6 Å². The van der Waals surface area contributed by atoms with Gasteiger partial charge in [-0.3, -0.25) is 0 Å². The molecule has 0 spiro atoms. The Morgan fingerprint density at radius 1 is 1.43 bits per heavy atom. The lowest BCUT2D eigenvalue weighted by molar-refractivity contribution is -0.0374. The molecule has 2 heterocycles. The van der Waals surface area contributed by atoms with Crippen LogP contribution in [0.1, 0.15) is 17.4 Å². The fraction of sp³-hybridized carbons (Fsp3) is 0.312. The van der Waals surface area contributed by atoms with Gasteiger partial charge in [0.15, 0.2) is 5.96 Å². The normalized spacial score (nSPS) is 21.1. The Hall–Kier alpha value is -1.99. The van der Waals surface area contributed by atoms with Crippen molar-refractivity contribution in [1.29, 1.82) is 0 Å². The monoisotopic (exact) mass is 337 g/mol. The van der Waals surface area contributed by atoms with Gasteiger partial charge in [0.05, 0.1) is 18.8 Å². The number of rotatable bonds is 3. The van der Waals surface area contributed by atoms with E-state index in [1.54, 1.807) is 11.3 Å². The minimum atomic E-state index is -0.593. The number of ether oxygens (including phenoxy) is 1. The summed E-state index contributed by atoms with van der Waals surface area (Å²) in [6.07, 6.45) is 0.897. The third-order valence-corrected chi connectivity index (χ3v) is 4.79. The predicted octanol–water partition coefficient (Wildman–Crippen LogP) is 3.24. The molecule has 3 N–H and O–H groups in total. The van der Waals surface area contributed by atoms with Crippen LogP contribution in [-0.4, -0.2) is 19.1 Å². The van der Waals surface area contributed by atoms with E-state index >= 15 is 0 Å². The van der Waals surface area contributed by atoms with Crippen LogP contribution in [0, 0.1) is 11.6 Å². The van der Waals surface area contributed by atoms with Crippen LogP contribution >= 0.6 is 11.3 Å². The quantitative estimate of drug-likeness (QED) is 0.668. The fourth-order valence-electron chi connectivity index (χ4n) is 2.59. The highest BCUT2D eigenvalue weighted by atomic mass is 32.1. The van der Waals surface area contributed by atoms with Crippen LogP contribution in [0.25, 0.3) is 0 Å². The second kappa shape index (κ2) is 6.25. The average molecular weight is 337 g/mol. The van der Waals surface area contributed by atoms with Gasteiger partial charge in [-0.05, 0) is 36.1 Å². The van der Waals surface area contributed by atoms with Crippen molar-refractivity contribution in [2.45, 2.75) is 18.9 Å². The highest BCUT2D eigenvalue weighted by Crippen LogP contribution is 2.36. The molecule has 1 unspecified atom stereocenters. The average Bonchev–Trinajstić information content (AvgIpc) is 3.00. The zero-order chi connectivity index (χ0) is 16.4. The van der Waals surface area contributed by atoms with E-state index in [0.29, 0.717) is 13.2 Å². The summed E-state index contributed by atoms with van der Waals surface area (Å²) in [5, 5.41) is 4.62. The molecule has 1 aliphatic rings. The number of nitrogens with one attached hydrogen (secondary N) is 1. The first kappa shape index (κ1) is 15.9. The molecule has 23 heavy (non-hydrogen) atoms. The Kier molecular flexibility index (Phi) is 4.32. The summed E-state index contributed by atoms with van der Waals surface area (Å²) in [4.78, 5) is 5.53. The highest BCUT2D eigenvalue weighted by molar-refractivity contribution is 7.10. The zero-order valence-corrected chi connectivity index (χ0v) is 13.4. The molecule has 7 heteroatoms. The summed E-state index contributed by atoms with van der Waals surface area (Å²) < 4.78 is 32.6. The number of thiophene rings is 1. The number of nitrogens with two attached hydrogens (primary N) is 1. The Morgan fingerprint density at radius 2 is 2.26 bits per heavy atom. The van der Waals surface area contributed by atoms with Crippen molar-refractivity contribution >= 4 is 23.0 Å². The first-order chi connectivity index (χ1) is 11.0. The molecular weight excluding hydrogens is 320 g/mol. The summed E-state index contributed by atoms with van der Waals surface area (Å²) in [7, 11) is 0. The van der Waals surface area contributed by atoms with Crippen LogP contribution in [-0.2, 0) is 16.8 Å². The molecule has 1 aromatic heterocycles. The third-order valence-electron chi connectivity index (χ3n) is 3.81. The molecule has 3 rings (SSSR count). The van der Waals surface area contributed by atoms with Gasteiger partial charge in [-0.1, -0.05) is 0 Å². The van der Waals surface area contributed by atoms with Crippen molar-refractivity contribution in [3.05, 3.63) is 51.7 Å². The maximum Gasteiger partial charge on any atom is 0.193 e. The molecule has 0 saturated carbocycles. The number of guanidine groups is 1. The molecule has 2 aromatic rings. The highest BCUT2D eigenvalue weighted by Gasteiger charge is 2.33. The van der Waals surface area contributed by atoms with Crippen LogP contribution in [0.4, 0.5) is 14.5 Å². The summed E-state index contributed by atoms with van der Waals surface area (Å²) in [6, 6.07) is 5.15. The lowest BCUT2D eigenvalue weighted by atomic mass is 9.93. The van der Waals surface area contributed by atoms with Crippen LogP contribution in [0.5, 0.6) is 0 Å². The smallest absolute Gasteiger partial charge is 0.193 e. The minimum absolute atomic E-state index is 0.0154. The number of anilines is 1. The molecular formula is C16H17F2N3OS. The number of hydrogen-bond donors (Lipinski definition) is 2. The third kappa shape index (κ3) is 3.35. The lowest BCUT2D eigenvalue weighted by Crippen LogP contribution is -2.36. The number of fused-ring (bicyclic) bond motifs is 1. The van der Waals surface area contributed by atoms with Gasteiger partial charge in [-0.25, -0.2) is 13.8 Å². The van der Waals surface area contributed by atoms with Gasteiger partial charge in [-0.15, -0.1) is 11.3 Å². The molecule has 0 amide bonds. The maximum absolute atomic E-state index is 13.6. The second-order valence-electron chi connectivity index (χ2n) is 5.54. The van der Waals surface area contributed by atoms with Crippen molar-refractivity contribution in [1.82, 2.24) is 0 Å². The van der Waals surface area contributed by atoms with Crippen LogP contribution in [0.3, 0.4) is 0 Å².